The number of nitrogens with zero attached hydrogens (tertiary/aromatic N) is 2. The zero-order valence-corrected chi connectivity index (χ0v) is 55.0. The number of hydrogen-bond acceptors (Lipinski definition) is 4. The molecule has 14 aromatic rings. The second-order valence-electron chi connectivity index (χ2n) is 22.2. The molecule has 432 valence electrons. The first-order valence-corrected chi connectivity index (χ1v) is 35.0. The van der Waals surface area contributed by atoms with E-state index >= 15 is 0 Å². The second-order valence-corrected chi connectivity index (χ2v) is 31.6. The Kier molecular flexibility index (Phi) is 16.1. The molecule has 88 heavy (non-hydrogen) atoms. The number of fused-ring (bicyclic) bond motifs is 6. The van der Waals surface area contributed by atoms with E-state index in [1.165, 1.54) is 63.0 Å². The molecule has 2 aromatic heterocycles. The normalized spacial score (nSPS) is 11.6. The summed E-state index contributed by atoms with van der Waals surface area (Å²) < 4.78 is 29.7. The van der Waals surface area contributed by atoms with Crippen LogP contribution in [-0.4, -0.2) is 53.7 Å². The van der Waals surface area contributed by atoms with Crippen LogP contribution in [-0.2, 0) is 0 Å². The van der Waals surface area contributed by atoms with Crippen LogP contribution >= 0.6 is 31.9 Å². The number of hydrogen-bond donors (Lipinski definition) is 0. The van der Waals surface area contributed by atoms with E-state index in [0.29, 0.717) is 5.75 Å². The first kappa shape index (κ1) is 57.9. The Hall–Kier alpha value is -9.17. The first-order valence-electron chi connectivity index (χ1n) is 29.4. The van der Waals surface area contributed by atoms with E-state index in [4.69, 9.17) is 18.9 Å². The number of aryl methyl sites for hydroxylation is 2. The lowest BCUT2D eigenvalue weighted by Gasteiger charge is -2.34. The molecule has 10 heteroatoms. The fourth-order valence-electron chi connectivity index (χ4n) is 13.7. The average Bonchev–Trinajstić information content (AvgIpc) is 1.36. The molecular formula is C78H64Br2N2O4Si2. The number of methoxy groups -OCH3 is 4. The van der Waals surface area contributed by atoms with Gasteiger partial charge < -0.3 is 28.1 Å². The largest absolute Gasteiger partial charge is 0.493 e. The smallest absolute Gasteiger partial charge is 0.179 e. The number of halogens is 2. The van der Waals surface area contributed by atoms with Gasteiger partial charge in [-0.05, 0) is 127 Å². The maximum Gasteiger partial charge on any atom is 0.179 e. The molecule has 0 aliphatic carbocycles. The Morgan fingerprint density at radius 1 is 0.273 bits per heavy atom. The van der Waals surface area contributed by atoms with Gasteiger partial charge in [0.25, 0.3) is 0 Å². The summed E-state index contributed by atoms with van der Waals surface area (Å²) in [5, 5.41) is 15.6. The predicted octanol–water partition coefficient (Wildman–Crippen LogP) is 14.5. The molecular weight excluding hydrogens is 1240 g/mol. The summed E-state index contributed by atoms with van der Waals surface area (Å²) in [6, 6.07) is 103. The monoisotopic (exact) mass is 1310 g/mol. The van der Waals surface area contributed by atoms with Crippen molar-refractivity contribution in [3.63, 3.8) is 0 Å². The highest BCUT2D eigenvalue weighted by Crippen LogP contribution is 2.41. The van der Waals surface area contributed by atoms with Crippen LogP contribution in [0.5, 0.6) is 23.0 Å². The fraction of sp³-hybridized carbons (Fsp3) is 0.0769. The summed E-state index contributed by atoms with van der Waals surface area (Å²) in [5.41, 5.74) is 8.68. The Morgan fingerprint density at radius 3 is 0.795 bits per heavy atom. The molecule has 14 rings (SSSR count). The Bertz CT molecular complexity index is 4400. The zero-order chi connectivity index (χ0) is 60.5. The van der Waals surface area contributed by atoms with Crippen molar-refractivity contribution in [3.8, 4) is 34.4 Å². The van der Waals surface area contributed by atoms with Crippen LogP contribution in [0.15, 0.2) is 288 Å². The van der Waals surface area contributed by atoms with Crippen LogP contribution in [0, 0.1) is 13.8 Å². The molecule has 0 saturated heterocycles. The molecule has 0 fully saturated rings. The second kappa shape index (κ2) is 24.5. The van der Waals surface area contributed by atoms with Crippen molar-refractivity contribution in [1.29, 1.82) is 0 Å². The van der Waals surface area contributed by atoms with Crippen LogP contribution in [0.4, 0.5) is 0 Å². The topological polar surface area (TPSA) is 46.8 Å². The van der Waals surface area contributed by atoms with Gasteiger partial charge in [0.05, 0.1) is 61.9 Å². The van der Waals surface area contributed by atoms with Crippen LogP contribution in [0.2, 0.25) is 0 Å². The van der Waals surface area contributed by atoms with Gasteiger partial charge in [-0.25, -0.2) is 0 Å². The first-order chi connectivity index (χ1) is 43.1. The number of aromatic nitrogens is 2. The van der Waals surface area contributed by atoms with Gasteiger partial charge in [-0.3, -0.25) is 0 Å². The van der Waals surface area contributed by atoms with Gasteiger partial charge in [0.2, 0.25) is 0 Å². The van der Waals surface area contributed by atoms with Crippen LogP contribution in [0.25, 0.3) is 55.0 Å². The molecule has 0 spiro atoms. The standard InChI is InChI=1S/C57H47NO2Si2.C21H17Br2NO2/c1-42-38-43(39-56(59-2)57(42)60-3)58-54-36-34-50(61(44-22-10-4-11-23-44,45-24-12-5-13-25-45)46-26-14-6-15-27-46)40-52(54)53-41-51(35-37-55(53)58)62(47-28-16-7-17-29-47,48-30-18-8-19-31-48)49-32-20-9-21-33-49;1-12-8-15(11-20(25-2)21(12)26-3)24-18-6-4-13(22)9-16(18)17-10-14(23)5-7-19(17)24/h4-41H,1-3H3;4-11H,1-3H3. The molecule has 0 saturated carbocycles. The van der Waals surface area contributed by atoms with Gasteiger partial charge in [-0.15, -0.1) is 0 Å². The molecule has 0 radical (unpaired) electrons. The van der Waals surface area contributed by atoms with Crippen molar-refractivity contribution < 1.29 is 18.9 Å². The van der Waals surface area contributed by atoms with Crippen molar-refractivity contribution >= 4 is 133 Å². The third kappa shape index (κ3) is 9.94. The van der Waals surface area contributed by atoms with E-state index in [0.717, 1.165) is 70.8 Å². The summed E-state index contributed by atoms with van der Waals surface area (Å²) >= 11 is 7.20. The lowest BCUT2D eigenvalue weighted by atomic mass is 10.1. The summed E-state index contributed by atoms with van der Waals surface area (Å²) in [5.74, 6) is 2.95. The van der Waals surface area contributed by atoms with Crippen LogP contribution in [0.3, 0.4) is 0 Å². The van der Waals surface area contributed by atoms with E-state index in [9.17, 15) is 0 Å². The third-order valence-electron chi connectivity index (χ3n) is 17.4. The predicted molar refractivity (Wildman–Crippen MR) is 380 cm³/mol. The summed E-state index contributed by atoms with van der Waals surface area (Å²) in [7, 11) is 1.05. The van der Waals surface area contributed by atoms with E-state index in [-0.39, 0.29) is 0 Å². The van der Waals surface area contributed by atoms with E-state index in [1.54, 1.807) is 28.4 Å². The van der Waals surface area contributed by atoms with E-state index in [2.05, 4.69) is 321 Å². The molecule has 0 aliphatic rings. The van der Waals surface area contributed by atoms with Gasteiger partial charge in [0.1, 0.15) is 0 Å². The molecule has 2 heterocycles. The minimum atomic E-state index is -2.86. The highest BCUT2D eigenvalue weighted by Gasteiger charge is 2.43. The highest BCUT2D eigenvalue weighted by atomic mass is 79.9. The molecule has 12 aromatic carbocycles. The average molecular weight is 1310 g/mol. The number of benzene rings is 12. The van der Waals surface area contributed by atoms with Crippen LogP contribution in [0.1, 0.15) is 11.1 Å². The quantitative estimate of drug-likeness (QED) is 0.0804. The summed E-state index contributed by atoms with van der Waals surface area (Å²) in [6.45, 7) is 4.12. The molecule has 0 amide bonds. The Balaban J connectivity index is 0.000000228. The molecule has 0 N–H and O–H groups in total. The van der Waals surface area contributed by atoms with Crippen molar-refractivity contribution in [2.24, 2.45) is 0 Å². The van der Waals surface area contributed by atoms with Gasteiger partial charge >= 0.3 is 0 Å². The summed E-state index contributed by atoms with van der Waals surface area (Å²) in [6.07, 6.45) is 0. The maximum absolute atomic E-state index is 5.97. The fourth-order valence-corrected chi connectivity index (χ4v) is 23.9. The van der Waals surface area contributed by atoms with Crippen molar-refractivity contribution in [2.45, 2.75) is 13.8 Å². The number of rotatable bonds is 14. The number of ether oxygens (including phenoxy) is 4. The van der Waals surface area contributed by atoms with Gasteiger partial charge in [0.15, 0.2) is 39.1 Å². The van der Waals surface area contributed by atoms with Crippen molar-refractivity contribution in [1.82, 2.24) is 9.13 Å². The molecule has 6 nitrogen and oxygen atoms in total. The van der Waals surface area contributed by atoms with Gasteiger partial charge in [0, 0.05) is 42.6 Å². The van der Waals surface area contributed by atoms with E-state index < -0.39 is 16.1 Å². The minimum absolute atomic E-state index is 0.707. The lowest BCUT2D eigenvalue weighted by Crippen LogP contribution is -2.74. The molecule has 0 atom stereocenters. The van der Waals surface area contributed by atoms with Crippen molar-refractivity contribution in [3.05, 3.63) is 299 Å². The maximum atomic E-state index is 5.97. The third-order valence-corrected chi connectivity index (χ3v) is 27.9. The van der Waals surface area contributed by atoms with Crippen LogP contribution < -0.4 is 60.4 Å². The van der Waals surface area contributed by atoms with Gasteiger partial charge in [-0.1, -0.05) is 238 Å². The SMILES string of the molecule is COc1cc(-n2c3ccc(Br)cc3c3cc(Br)ccc32)cc(C)c1OC.COc1cc(-n2c3ccc([Si](c4ccccc4)(c4ccccc4)c4ccccc4)cc3c3cc([Si](c4ccccc4)(c4ccccc4)c4ccccc4)ccc32)cc(C)c1OC. The lowest BCUT2D eigenvalue weighted by molar-refractivity contribution is 0.353. The Labute approximate surface area is 533 Å². The van der Waals surface area contributed by atoms with Gasteiger partial charge in [-0.2, -0.15) is 0 Å². The minimum Gasteiger partial charge on any atom is -0.493 e. The summed E-state index contributed by atoms with van der Waals surface area (Å²) in [4.78, 5) is 0. The molecule has 0 bridgehead atoms. The van der Waals surface area contributed by atoms with E-state index in [1.807, 2.05) is 13.0 Å². The molecule has 0 aliphatic heterocycles. The van der Waals surface area contributed by atoms with Crippen molar-refractivity contribution in [2.75, 3.05) is 28.4 Å². The molecule has 0 unspecified atom stereocenters. The highest BCUT2D eigenvalue weighted by molar-refractivity contribution is 9.10. The zero-order valence-electron chi connectivity index (χ0n) is 49.8. The Morgan fingerprint density at radius 2 is 0.534 bits per heavy atom.